The second-order valence-electron chi connectivity index (χ2n) is 3.96. The van der Waals surface area contributed by atoms with Crippen molar-refractivity contribution in [3.63, 3.8) is 0 Å². The molecule has 0 aliphatic heterocycles. The predicted molar refractivity (Wildman–Crippen MR) is 66.7 cm³/mol. The number of hydrogen-bond acceptors (Lipinski definition) is 0. The van der Waals surface area contributed by atoms with Crippen LogP contribution in [0.4, 0.5) is 0 Å². The molecule has 0 aromatic heterocycles. The van der Waals surface area contributed by atoms with Crippen molar-refractivity contribution in [3.05, 3.63) is 35.9 Å². The van der Waals surface area contributed by atoms with Crippen molar-refractivity contribution in [2.45, 2.75) is 44.9 Å². The van der Waals surface area contributed by atoms with Crippen molar-refractivity contribution in [1.82, 2.24) is 0 Å². The highest BCUT2D eigenvalue weighted by molar-refractivity contribution is 5.14. The molecule has 1 aromatic carbocycles. The molecule has 1 aromatic rings. The van der Waals surface area contributed by atoms with E-state index >= 15 is 0 Å². The molecule has 0 saturated heterocycles. The van der Waals surface area contributed by atoms with Crippen LogP contribution in [0.3, 0.4) is 0 Å². The van der Waals surface area contributed by atoms with Gasteiger partial charge in [-0.1, -0.05) is 49.6 Å². The SMILES string of the molecule is C#CCCCCCCCc1ccccc1. The number of aryl methyl sites for hydroxylation is 1. The van der Waals surface area contributed by atoms with E-state index in [1.54, 1.807) is 0 Å². The van der Waals surface area contributed by atoms with Crippen LogP contribution in [-0.4, -0.2) is 0 Å². The second-order valence-corrected chi connectivity index (χ2v) is 3.96. The first-order valence-electron chi connectivity index (χ1n) is 5.91. The third kappa shape index (κ3) is 5.96. The Kier molecular flexibility index (Phi) is 6.41. The lowest BCUT2D eigenvalue weighted by Crippen LogP contribution is -1.85. The molecule has 0 heterocycles. The van der Waals surface area contributed by atoms with Gasteiger partial charge < -0.3 is 0 Å². The molecule has 0 N–H and O–H groups in total. The van der Waals surface area contributed by atoms with Crippen molar-refractivity contribution < 1.29 is 0 Å². The van der Waals surface area contributed by atoms with Crippen molar-refractivity contribution in [2.24, 2.45) is 0 Å². The summed E-state index contributed by atoms with van der Waals surface area (Å²) in [5.41, 5.74) is 1.46. The molecular weight excluding hydrogens is 180 g/mol. The second kappa shape index (κ2) is 8.12. The average Bonchev–Trinajstić information content (AvgIpc) is 2.29. The summed E-state index contributed by atoms with van der Waals surface area (Å²) in [6.07, 6.45) is 13.8. The highest BCUT2D eigenvalue weighted by Crippen LogP contribution is 2.09. The standard InChI is InChI=1S/C15H20/c1-2-3-4-5-6-7-9-12-15-13-10-8-11-14-15/h1,8,10-11,13-14H,3-7,9,12H2. The fourth-order valence-corrected chi connectivity index (χ4v) is 1.73. The number of hydrogen-bond donors (Lipinski definition) is 0. The quantitative estimate of drug-likeness (QED) is 0.457. The number of rotatable bonds is 7. The summed E-state index contributed by atoms with van der Waals surface area (Å²) in [5.74, 6) is 2.68. The summed E-state index contributed by atoms with van der Waals surface area (Å²) in [4.78, 5) is 0. The lowest BCUT2D eigenvalue weighted by molar-refractivity contribution is 0.620. The summed E-state index contributed by atoms with van der Waals surface area (Å²) in [7, 11) is 0. The Bertz CT molecular complexity index is 279. The Morgan fingerprint density at radius 3 is 2.27 bits per heavy atom. The van der Waals surface area contributed by atoms with E-state index in [2.05, 4.69) is 36.3 Å². The predicted octanol–water partition coefficient (Wildman–Crippen LogP) is 4.20. The first-order valence-corrected chi connectivity index (χ1v) is 5.91. The molecule has 0 radical (unpaired) electrons. The summed E-state index contributed by atoms with van der Waals surface area (Å²) < 4.78 is 0. The van der Waals surface area contributed by atoms with Crippen LogP contribution in [0.1, 0.15) is 44.1 Å². The van der Waals surface area contributed by atoms with Crippen LogP contribution in [-0.2, 0) is 6.42 Å². The maximum Gasteiger partial charge on any atom is 0.00860 e. The van der Waals surface area contributed by atoms with Gasteiger partial charge in [0.1, 0.15) is 0 Å². The summed E-state index contributed by atoms with van der Waals surface area (Å²) in [6.45, 7) is 0. The van der Waals surface area contributed by atoms with E-state index in [-0.39, 0.29) is 0 Å². The molecule has 15 heavy (non-hydrogen) atoms. The molecule has 0 bridgehead atoms. The minimum Gasteiger partial charge on any atom is -0.120 e. The molecular formula is C15H20. The van der Waals surface area contributed by atoms with Gasteiger partial charge in [-0.2, -0.15) is 0 Å². The zero-order valence-electron chi connectivity index (χ0n) is 9.41. The van der Waals surface area contributed by atoms with Crippen molar-refractivity contribution in [1.29, 1.82) is 0 Å². The van der Waals surface area contributed by atoms with Gasteiger partial charge in [-0.15, -0.1) is 12.3 Å². The Morgan fingerprint density at radius 1 is 0.867 bits per heavy atom. The number of terminal acetylenes is 1. The fourth-order valence-electron chi connectivity index (χ4n) is 1.73. The monoisotopic (exact) mass is 200 g/mol. The van der Waals surface area contributed by atoms with E-state index in [9.17, 15) is 0 Å². The summed E-state index contributed by atoms with van der Waals surface area (Å²) >= 11 is 0. The molecule has 0 unspecified atom stereocenters. The molecule has 0 atom stereocenters. The van der Waals surface area contributed by atoms with Gasteiger partial charge in [-0.05, 0) is 24.8 Å². The molecule has 0 aliphatic carbocycles. The molecule has 0 nitrogen and oxygen atoms in total. The van der Waals surface area contributed by atoms with Gasteiger partial charge in [0, 0.05) is 6.42 Å². The zero-order chi connectivity index (χ0) is 10.8. The maximum atomic E-state index is 5.20. The van der Waals surface area contributed by atoms with Gasteiger partial charge in [0.2, 0.25) is 0 Å². The first kappa shape index (κ1) is 11.9. The van der Waals surface area contributed by atoms with Gasteiger partial charge in [-0.25, -0.2) is 0 Å². The van der Waals surface area contributed by atoms with Crippen LogP contribution in [0.5, 0.6) is 0 Å². The minimum atomic E-state index is 0.943. The van der Waals surface area contributed by atoms with Crippen molar-refractivity contribution in [2.75, 3.05) is 0 Å². The first-order chi connectivity index (χ1) is 7.43. The van der Waals surface area contributed by atoms with Gasteiger partial charge >= 0.3 is 0 Å². The number of unbranched alkanes of at least 4 members (excludes halogenated alkanes) is 5. The molecule has 0 saturated carbocycles. The minimum absolute atomic E-state index is 0.943. The molecule has 80 valence electrons. The highest BCUT2D eigenvalue weighted by Gasteiger charge is 1.92. The largest absolute Gasteiger partial charge is 0.120 e. The van der Waals surface area contributed by atoms with Gasteiger partial charge in [0.15, 0.2) is 0 Å². The van der Waals surface area contributed by atoms with E-state index in [1.807, 2.05) is 0 Å². The fraction of sp³-hybridized carbons (Fsp3) is 0.467. The van der Waals surface area contributed by atoms with Gasteiger partial charge in [0.05, 0.1) is 0 Å². The molecule has 0 amide bonds. The van der Waals surface area contributed by atoms with Gasteiger partial charge in [0.25, 0.3) is 0 Å². The highest BCUT2D eigenvalue weighted by atomic mass is 14.0. The van der Waals surface area contributed by atoms with Crippen LogP contribution in [0.25, 0.3) is 0 Å². The summed E-state index contributed by atoms with van der Waals surface area (Å²) in [5, 5.41) is 0. The normalized spacial score (nSPS) is 9.80. The van der Waals surface area contributed by atoms with Crippen LogP contribution < -0.4 is 0 Å². The van der Waals surface area contributed by atoms with Crippen molar-refractivity contribution in [3.8, 4) is 12.3 Å². The Morgan fingerprint density at radius 2 is 1.53 bits per heavy atom. The zero-order valence-corrected chi connectivity index (χ0v) is 9.41. The molecule has 0 aliphatic rings. The molecule has 0 fully saturated rings. The summed E-state index contributed by atoms with van der Waals surface area (Å²) in [6, 6.07) is 10.7. The molecule has 0 heteroatoms. The van der Waals surface area contributed by atoms with Gasteiger partial charge in [-0.3, -0.25) is 0 Å². The topological polar surface area (TPSA) is 0 Å². The van der Waals surface area contributed by atoms with E-state index in [0.29, 0.717) is 0 Å². The molecule has 0 spiro atoms. The van der Waals surface area contributed by atoms with E-state index in [0.717, 1.165) is 6.42 Å². The average molecular weight is 200 g/mol. The van der Waals surface area contributed by atoms with E-state index in [1.165, 1.54) is 44.1 Å². The van der Waals surface area contributed by atoms with Crippen molar-refractivity contribution >= 4 is 0 Å². The van der Waals surface area contributed by atoms with E-state index < -0.39 is 0 Å². The third-order valence-electron chi connectivity index (χ3n) is 2.63. The maximum absolute atomic E-state index is 5.20. The Balaban J connectivity index is 1.96. The Hall–Kier alpha value is -1.22. The Labute approximate surface area is 93.7 Å². The van der Waals surface area contributed by atoms with Crippen LogP contribution >= 0.6 is 0 Å². The smallest absolute Gasteiger partial charge is 0.00860 e. The third-order valence-corrected chi connectivity index (χ3v) is 2.63. The van der Waals surface area contributed by atoms with Crippen LogP contribution in [0, 0.1) is 12.3 Å². The lowest BCUT2D eigenvalue weighted by atomic mass is 10.1. The lowest BCUT2D eigenvalue weighted by Gasteiger charge is -2.01. The van der Waals surface area contributed by atoms with E-state index in [4.69, 9.17) is 6.42 Å². The number of benzene rings is 1. The van der Waals surface area contributed by atoms with Crippen LogP contribution in [0.2, 0.25) is 0 Å². The van der Waals surface area contributed by atoms with Crippen LogP contribution in [0.15, 0.2) is 30.3 Å². The molecule has 1 rings (SSSR count).